The van der Waals surface area contributed by atoms with Crippen LogP contribution in [0.2, 0.25) is 5.02 Å². The van der Waals surface area contributed by atoms with E-state index in [1.165, 1.54) is 5.57 Å². The van der Waals surface area contributed by atoms with Gasteiger partial charge in [-0.25, -0.2) is 9.59 Å². The van der Waals surface area contributed by atoms with Crippen LogP contribution in [0.5, 0.6) is 0 Å². The van der Waals surface area contributed by atoms with Gasteiger partial charge in [0, 0.05) is 5.57 Å². The monoisotopic (exact) mass is 441 g/mol. The van der Waals surface area contributed by atoms with Crippen molar-refractivity contribution in [1.29, 1.82) is 0 Å². The summed E-state index contributed by atoms with van der Waals surface area (Å²) in [6.45, 7) is 4.26. The number of benzene rings is 2. The molecule has 0 unspecified atom stereocenters. The van der Waals surface area contributed by atoms with Gasteiger partial charge in [0.2, 0.25) is 0 Å². The topological polar surface area (TPSA) is 64.6 Å². The van der Waals surface area contributed by atoms with Crippen molar-refractivity contribution in [2.24, 2.45) is 0 Å². The minimum absolute atomic E-state index is 0.200. The molecule has 31 heavy (non-hydrogen) atoms. The summed E-state index contributed by atoms with van der Waals surface area (Å²) in [6.07, 6.45) is 3.11. The quantitative estimate of drug-likeness (QED) is 0.403. The number of hydrogen-bond donors (Lipinski definition) is 1. The second-order valence-corrected chi connectivity index (χ2v) is 8.06. The van der Waals surface area contributed by atoms with Crippen LogP contribution < -0.4 is 5.32 Å². The molecule has 0 heterocycles. The van der Waals surface area contributed by atoms with Crippen LogP contribution in [-0.4, -0.2) is 18.7 Å². The molecule has 1 aliphatic carbocycles. The lowest BCUT2D eigenvalue weighted by Gasteiger charge is -2.26. The number of anilines is 1. The number of carbonyl (C=O) groups is 2. The van der Waals surface area contributed by atoms with E-state index in [1.807, 2.05) is 62.4 Å². The van der Waals surface area contributed by atoms with E-state index in [-0.39, 0.29) is 12.6 Å². The number of rotatable bonds is 6. The Balaban J connectivity index is 1.55. The Labute approximate surface area is 188 Å². The van der Waals surface area contributed by atoms with Gasteiger partial charge in [0.15, 0.2) is 0 Å². The summed E-state index contributed by atoms with van der Waals surface area (Å²) in [5.74, 6) is 0.156. The molecule has 1 saturated carbocycles. The van der Waals surface area contributed by atoms with Crippen LogP contribution in [0.1, 0.15) is 56.6 Å². The summed E-state index contributed by atoms with van der Waals surface area (Å²) in [7, 11) is 0. The maximum absolute atomic E-state index is 12.1. The number of halogens is 1. The van der Waals surface area contributed by atoms with Gasteiger partial charge in [0.05, 0.1) is 17.3 Å². The van der Waals surface area contributed by atoms with Crippen LogP contribution in [0.15, 0.2) is 59.7 Å². The second-order valence-electron chi connectivity index (χ2n) is 7.65. The highest BCUT2D eigenvalue weighted by Gasteiger charge is 2.22. The van der Waals surface area contributed by atoms with Gasteiger partial charge in [-0.05, 0) is 68.7 Å². The molecule has 2 aromatic rings. The molecule has 1 amide bonds. The van der Waals surface area contributed by atoms with Gasteiger partial charge in [-0.1, -0.05) is 53.6 Å². The lowest BCUT2D eigenvalue weighted by molar-refractivity contribution is -0.138. The van der Waals surface area contributed by atoms with Crippen LogP contribution in [-0.2, 0) is 20.9 Å². The molecule has 0 aliphatic heterocycles. The van der Waals surface area contributed by atoms with E-state index in [9.17, 15) is 9.59 Å². The largest absolute Gasteiger partial charge is 0.463 e. The van der Waals surface area contributed by atoms with Crippen molar-refractivity contribution in [1.82, 2.24) is 0 Å². The Morgan fingerprint density at radius 1 is 1.06 bits per heavy atom. The zero-order valence-corrected chi connectivity index (χ0v) is 18.7. The molecule has 5 nitrogen and oxygen atoms in total. The van der Waals surface area contributed by atoms with Crippen molar-refractivity contribution >= 4 is 29.4 Å². The third-order valence-corrected chi connectivity index (χ3v) is 5.93. The van der Waals surface area contributed by atoms with Crippen molar-refractivity contribution in [3.63, 3.8) is 0 Å². The summed E-state index contributed by atoms with van der Waals surface area (Å²) < 4.78 is 10.4. The fourth-order valence-electron chi connectivity index (χ4n) is 3.81. The van der Waals surface area contributed by atoms with E-state index in [0.29, 0.717) is 23.2 Å². The third-order valence-electron chi connectivity index (χ3n) is 5.62. The molecule has 1 fully saturated rings. The molecule has 6 heteroatoms. The number of amides is 1. The molecule has 0 bridgehead atoms. The van der Waals surface area contributed by atoms with E-state index < -0.39 is 6.09 Å². The van der Waals surface area contributed by atoms with Crippen LogP contribution in [0.4, 0.5) is 10.5 Å². The van der Waals surface area contributed by atoms with Crippen LogP contribution in [0, 0.1) is 0 Å². The average molecular weight is 442 g/mol. The highest BCUT2D eigenvalue weighted by Crippen LogP contribution is 2.38. The Hall–Kier alpha value is -2.79. The van der Waals surface area contributed by atoms with E-state index in [1.54, 1.807) is 0 Å². The van der Waals surface area contributed by atoms with Crippen molar-refractivity contribution in [3.8, 4) is 0 Å². The standard InChI is InChI=1S/C25H28ClNO4/c1-3-30-24(28)17(2)19-9-11-20(12-10-19)21-13-14-23(22(26)15-21)27-25(29)31-16-18-7-5-4-6-8-18/h4-8,13-15,20H,3,9-12,16H2,1-2H3,(H,27,29). The predicted molar refractivity (Wildman–Crippen MR) is 122 cm³/mol. The first-order valence-electron chi connectivity index (χ1n) is 10.6. The third kappa shape index (κ3) is 6.34. The molecule has 0 aromatic heterocycles. The van der Waals surface area contributed by atoms with Gasteiger partial charge in [-0.3, -0.25) is 5.32 Å². The molecule has 1 aliphatic rings. The maximum Gasteiger partial charge on any atom is 0.412 e. The molecule has 2 aromatic carbocycles. The molecule has 0 radical (unpaired) electrons. The first-order valence-corrected chi connectivity index (χ1v) is 11.0. The minimum Gasteiger partial charge on any atom is -0.463 e. The number of ether oxygens (including phenoxy) is 2. The Bertz CT molecular complexity index is 945. The van der Waals surface area contributed by atoms with E-state index >= 15 is 0 Å². The van der Waals surface area contributed by atoms with Gasteiger partial charge in [0.25, 0.3) is 0 Å². The van der Waals surface area contributed by atoms with Crippen molar-refractivity contribution in [2.45, 2.75) is 52.1 Å². The molecule has 3 rings (SSSR count). The number of carbonyl (C=O) groups excluding carboxylic acids is 2. The van der Waals surface area contributed by atoms with Crippen molar-refractivity contribution in [2.75, 3.05) is 11.9 Å². The summed E-state index contributed by atoms with van der Waals surface area (Å²) in [6, 6.07) is 15.2. The first-order chi connectivity index (χ1) is 15.0. The maximum atomic E-state index is 12.1. The molecule has 0 spiro atoms. The lowest BCUT2D eigenvalue weighted by atomic mass is 9.80. The highest BCUT2D eigenvalue weighted by molar-refractivity contribution is 6.33. The second kappa shape index (κ2) is 11.0. The SMILES string of the molecule is CCOC(=O)C(C)=C1CCC(c2ccc(NC(=O)OCc3ccccc3)c(Cl)c2)CC1. The Morgan fingerprint density at radius 2 is 1.77 bits per heavy atom. The minimum atomic E-state index is -0.541. The Kier molecular flexibility index (Phi) is 8.13. The molecule has 1 N–H and O–H groups in total. The fourth-order valence-corrected chi connectivity index (χ4v) is 4.05. The molecule has 164 valence electrons. The summed E-state index contributed by atoms with van der Waals surface area (Å²) in [4.78, 5) is 24.0. The summed E-state index contributed by atoms with van der Waals surface area (Å²) in [5, 5.41) is 3.19. The van der Waals surface area contributed by atoms with E-state index in [2.05, 4.69) is 5.32 Å². The van der Waals surface area contributed by atoms with Gasteiger partial charge >= 0.3 is 12.1 Å². The fraction of sp³-hybridized carbons (Fsp3) is 0.360. The van der Waals surface area contributed by atoms with Crippen LogP contribution >= 0.6 is 11.6 Å². The van der Waals surface area contributed by atoms with Gasteiger partial charge in [-0.2, -0.15) is 0 Å². The van der Waals surface area contributed by atoms with Crippen LogP contribution in [0.25, 0.3) is 0 Å². The highest BCUT2D eigenvalue weighted by atomic mass is 35.5. The zero-order chi connectivity index (χ0) is 22.2. The number of esters is 1. The van der Waals surface area contributed by atoms with Crippen LogP contribution in [0.3, 0.4) is 0 Å². The Morgan fingerprint density at radius 3 is 2.42 bits per heavy atom. The van der Waals surface area contributed by atoms with E-state index in [4.69, 9.17) is 21.1 Å². The lowest BCUT2D eigenvalue weighted by Crippen LogP contribution is -2.14. The molecule has 0 atom stereocenters. The normalized spacial score (nSPS) is 15.8. The summed E-state index contributed by atoms with van der Waals surface area (Å²) >= 11 is 6.42. The molecular weight excluding hydrogens is 414 g/mol. The van der Waals surface area contributed by atoms with E-state index in [0.717, 1.165) is 42.4 Å². The number of nitrogens with one attached hydrogen (secondary N) is 1. The van der Waals surface area contributed by atoms with Crippen molar-refractivity contribution in [3.05, 3.63) is 75.8 Å². The number of hydrogen-bond acceptors (Lipinski definition) is 4. The van der Waals surface area contributed by atoms with Gasteiger partial charge < -0.3 is 9.47 Å². The van der Waals surface area contributed by atoms with Crippen molar-refractivity contribution < 1.29 is 19.1 Å². The molecule has 0 saturated heterocycles. The average Bonchev–Trinajstić information content (AvgIpc) is 2.79. The summed E-state index contributed by atoms with van der Waals surface area (Å²) in [5.41, 5.74) is 4.51. The zero-order valence-electron chi connectivity index (χ0n) is 17.9. The van der Waals surface area contributed by atoms with Gasteiger partial charge in [-0.15, -0.1) is 0 Å². The first kappa shape index (κ1) is 22.9. The number of allylic oxidation sites excluding steroid dienone is 1. The predicted octanol–water partition coefficient (Wildman–Crippen LogP) is 6.63. The van der Waals surface area contributed by atoms with Gasteiger partial charge in [0.1, 0.15) is 6.61 Å². The molecular formula is C25H28ClNO4. The smallest absolute Gasteiger partial charge is 0.412 e.